The number of likely N-dealkylation sites (tertiary alicyclic amines) is 1. The quantitative estimate of drug-likeness (QED) is 0.652. The zero-order chi connectivity index (χ0) is 21.5. The molecule has 1 aliphatic rings. The van der Waals surface area contributed by atoms with Gasteiger partial charge >= 0.3 is 0 Å². The lowest BCUT2D eigenvalue weighted by Crippen LogP contribution is -2.37. The van der Waals surface area contributed by atoms with Gasteiger partial charge in [0.1, 0.15) is 4.99 Å². The number of carbonyl (C=O) groups is 1. The van der Waals surface area contributed by atoms with E-state index in [9.17, 15) is 4.79 Å². The summed E-state index contributed by atoms with van der Waals surface area (Å²) in [5, 5.41) is 2.91. The third kappa shape index (κ3) is 5.51. The highest BCUT2D eigenvalue weighted by Crippen LogP contribution is 2.29. The summed E-state index contributed by atoms with van der Waals surface area (Å²) in [6, 6.07) is 13.4. The van der Waals surface area contributed by atoms with E-state index in [0.717, 1.165) is 60.1 Å². The minimum atomic E-state index is -0.208. The summed E-state index contributed by atoms with van der Waals surface area (Å²) in [6.07, 6.45) is 3.17. The van der Waals surface area contributed by atoms with E-state index in [1.807, 2.05) is 42.5 Å². The molecule has 5 nitrogen and oxygen atoms in total. The van der Waals surface area contributed by atoms with E-state index in [1.54, 1.807) is 7.11 Å². The first-order valence-corrected chi connectivity index (χ1v) is 10.9. The van der Waals surface area contributed by atoms with E-state index in [0.29, 0.717) is 11.5 Å². The van der Waals surface area contributed by atoms with Crippen LogP contribution >= 0.6 is 12.2 Å². The van der Waals surface area contributed by atoms with Crippen molar-refractivity contribution in [1.82, 2.24) is 4.90 Å². The highest BCUT2D eigenvalue weighted by atomic mass is 32.1. The average molecular weight is 427 g/mol. The Labute approximate surface area is 184 Å². The van der Waals surface area contributed by atoms with Gasteiger partial charge in [-0.3, -0.25) is 4.79 Å². The SMILES string of the molecule is CCc1ccccc1NC(=O)COc1ccc(C(=S)N2CCC(C)CC2)cc1OC. The number of methoxy groups -OCH3 is 1. The second-order valence-electron chi connectivity index (χ2n) is 7.69. The third-order valence-electron chi connectivity index (χ3n) is 5.51. The van der Waals surface area contributed by atoms with E-state index in [-0.39, 0.29) is 12.5 Å². The molecule has 30 heavy (non-hydrogen) atoms. The van der Waals surface area contributed by atoms with Crippen LogP contribution in [0, 0.1) is 5.92 Å². The van der Waals surface area contributed by atoms with E-state index < -0.39 is 0 Å². The molecule has 0 spiro atoms. The van der Waals surface area contributed by atoms with Crippen LogP contribution in [0.3, 0.4) is 0 Å². The summed E-state index contributed by atoms with van der Waals surface area (Å²) in [4.78, 5) is 15.4. The van der Waals surface area contributed by atoms with Crippen LogP contribution in [0.1, 0.15) is 37.8 Å². The number of nitrogens with zero attached hydrogens (tertiary/aromatic N) is 1. The number of anilines is 1. The van der Waals surface area contributed by atoms with Crippen LogP contribution in [0.25, 0.3) is 0 Å². The van der Waals surface area contributed by atoms with Gasteiger partial charge in [0.05, 0.1) is 7.11 Å². The van der Waals surface area contributed by atoms with Gasteiger partial charge in [-0.15, -0.1) is 0 Å². The Hall–Kier alpha value is -2.60. The predicted molar refractivity (Wildman–Crippen MR) is 125 cm³/mol. The summed E-state index contributed by atoms with van der Waals surface area (Å²) in [7, 11) is 1.59. The first-order chi connectivity index (χ1) is 14.5. The number of piperidine rings is 1. The fourth-order valence-corrected chi connectivity index (χ4v) is 3.90. The van der Waals surface area contributed by atoms with Crippen molar-refractivity contribution in [1.29, 1.82) is 0 Å². The van der Waals surface area contributed by atoms with Gasteiger partial charge in [-0.2, -0.15) is 0 Å². The highest BCUT2D eigenvalue weighted by Gasteiger charge is 2.20. The normalized spacial score (nSPS) is 14.3. The molecule has 1 fully saturated rings. The van der Waals surface area contributed by atoms with Gasteiger partial charge in [-0.25, -0.2) is 0 Å². The zero-order valence-corrected chi connectivity index (χ0v) is 18.8. The monoisotopic (exact) mass is 426 g/mol. The summed E-state index contributed by atoms with van der Waals surface area (Å²) >= 11 is 5.70. The maximum Gasteiger partial charge on any atom is 0.262 e. The molecule has 160 valence electrons. The maximum atomic E-state index is 12.4. The number of amides is 1. The lowest BCUT2D eigenvalue weighted by Gasteiger charge is -2.32. The van der Waals surface area contributed by atoms with Crippen LogP contribution in [-0.2, 0) is 11.2 Å². The second-order valence-corrected chi connectivity index (χ2v) is 8.07. The lowest BCUT2D eigenvalue weighted by atomic mass is 9.99. The number of hydrogen-bond donors (Lipinski definition) is 1. The van der Waals surface area contributed by atoms with Gasteiger partial charge in [-0.05, 0) is 55.0 Å². The molecule has 1 aliphatic heterocycles. The van der Waals surface area contributed by atoms with Crippen LogP contribution in [-0.4, -0.2) is 42.6 Å². The lowest BCUT2D eigenvalue weighted by molar-refractivity contribution is -0.118. The minimum Gasteiger partial charge on any atom is -0.493 e. The molecule has 0 atom stereocenters. The van der Waals surface area contributed by atoms with Gasteiger partial charge < -0.3 is 19.7 Å². The van der Waals surface area contributed by atoms with Crippen molar-refractivity contribution < 1.29 is 14.3 Å². The van der Waals surface area contributed by atoms with Crippen molar-refractivity contribution in [2.75, 3.05) is 32.1 Å². The number of hydrogen-bond acceptors (Lipinski definition) is 4. The summed E-state index contributed by atoms with van der Waals surface area (Å²) in [5.41, 5.74) is 2.84. The Morgan fingerprint density at radius 2 is 1.90 bits per heavy atom. The van der Waals surface area contributed by atoms with Crippen molar-refractivity contribution in [3.8, 4) is 11.5 Å². The molecule has 0 radical (unpaired) electrons. The molecule has 1 N–H and O–H groups in total. The number of para-hydroxylation sites is 1. The van der Waals surface area contributed by atoms with Crippen molar-refractivity contribution in [3.63, 3.8) is 0 Å². The molecule has 2 aromatic rings. The fraction of sp³-hybridized carbons (Fsp3) is 0.417. The molecule has 0 bridgehead atoms. The van der Waals surface area contributed by atoms with Crippen LogP contribution in [0.4, 0.5) is 5.69 Å². The molecule has 0 unspecified atom stereocenters. The van der Waals surface area contributed by atoms with Crippen LogP contribution in [0.5, 0.6) is 11.5 Å². The van der Waals surface area contributed by atoms with Gasteiger partial charge in [-0.1, -0.05) is 44.3 Å². The zero-order valence-electron chi connectivity index (χ0n) is 17.9. The number of aryl methyl sites for hydroxylation is 1. The Kier molecular flexibility index (Phi) is 7.69. The number of rotatable bonds is 7. The molecular formula is C24H30N2O3S. The Bertz CT molecular complexity index is 892. The summed E-state index contributed by atoms with van der Waals surface area (Å²) < 4.78 is 11.2. The highest BCUT2D eigenvalue weighted by molar-refractivity contribution is 7.80. The topological polar surface area (TPSA) is 50.8 Å². The first-order valence-electron chi connectivity index (χ1n) is 10.5. The Balaban J connectivity index is 1.62. The van der Waals surface area contributed by atoms with Crippen molar-refractivity contribution >= 4 is 28.8 Å². The number of benzene rings is 2. The molecule has 3 rings (SSSR count). The molecule has 6 heteroatoms. The van der Waals surface area contributed by atoms with Crippen molar-refractivity contribution in [2.45, 2.75) is 33.1 Å². The van der Waals surface area contributed by atoms with Crippen LogP contribution in [0.15, 0.2) is 42.5 Å². The van der Waals surface area contributed by atoms with Gasteiger partial charge in [0.25, 0.3) is 5.91 Å². The maximum absolute atomic E-state index is 12.4. The number of ether oxygens (including phenoxy) is 2. The summed E-state index contributed by atoms with van der Waals surface area (Å²) in [5.74, 6) is 1.64. The largest absolute Gasteiger partial charge is 0.493 e. The summed E-state index contributed by atoms with van der Waals surface area (Å²) in [6.45, 7) is 6.22. The van der Waals surface area contributed by atoms with Crippen LogP contribution in [0.2, 0.25) is 0 Å². The van der Waals surface area contributed by atoms with Crippen molar-refractivity contribution in [2.24, 2.45) is 5.92 Å². The predicted octanol–water partition coefficient (Wildman–Crippen LogP) is 4.68. The average Bonchev–Trinajstić information content (AvgIpc) is 2.78. The van der Waals surface area contributed by atoms with Crippen LogP contribution < -0.4 is 14.8 Å². The van der Waals surface area contributed by atoms with Gasteiger partial charge in [0.15, 0.2) is 18.1 Å². The van der Waals surface area contributed by atoms with E-state index in [2.05, 4.69) is 24.1 Å². The second kappa shape index (κ2) is 10.4. The fourth-order valence-electron chi connectivity index (χ4n) is 3.59. The van der Waals surface area contributed by atoms with E-state index in [4.69, 9.17) is 21.7 Å². The minimum absolute atomic E-state index is 0.0950. The Morgan fingerprint density at radius 1 is 1.17 bits per heavy atom. The number of carbonyl (C=O) groups excluding carboxylic acids is 1. The molecule has 0 aliphatic carbocycles. The third-order valence-corrected chi connectivity index (χ3v) is 6.01. The van der Waals surface area contributed by atoms with E-state index in [1.165, 1.54) is 0 Å². The molecule has 2 aromatic carbocycles. The van der Waals surface area contributed by atoms with Gasteiger partial charge in [0, 0.05) is 24.3 Å². The number of nitrogens with one attached hydrogen (secondary N) is 1. The number of thiocarbonyl (C=S) groups is 1. The molecular weight excluding hydrogens is 396 g/mol. The molecule has 0 aromatic heterocycles. The van der Waals surface area contributed by atoms with Crippen molar-refractivity contribution in [3.05, 3.63) is 53.6 Å². The smallest absolute Gasteiger partial charge is 0.262 e. The standard InChI is InChI=1S/C24H30N2O3S/c1-4-18-7-5-6-8-20(18)25-23(27)16-29-21-10-9-19(15-22(21)28-3)24(30)26-13-11-17(2)12-14-26/h5-10,15,17H,4,11-14,16H2,1-3H3,(H,25,27). The molecule has 1 amide bonds. The molecule has 1 saturated heterocycles. The molecule has 1 heterocycles. The van der Waals surface area contributed by atoms with E-state index >= 15 is 0 Å². The first kappa shape index (κ1) is 22.1. The Morgan fingerprint density at radius 3 is 2.60 bits per heavy atom. The molecule has 0 saturated carbocycles. The van der Waals surface area contributed by atoms with Gasteiger partial charge in [0.2, 0.25) is 0 Å².